The van der Waals surface area contributed by atoms with E-state index in [1.165, 1.54) is 22.8 Å². The third kappa shape index (κ3) is 2.94. The minimum Gasteiger partial charge on any atom is -0.207 e. The molecule has 0 aliphatic carbocycles. The van der Waals surface area contributed by atoms with Gasteiger partial charge in [0.25, 0.3) is 0 Å². The van der Waals surface area contributed by atoms with E-state index in [1.54, 1.807) is 6.07 Å². The van der Waals surface area contributed by atoms with Crippen LogP contribution in [0.25, 0.3) is 0 Å². The fourth-order valence-electron chi connectivity index (χ4n) is 1.91. The van der Waals surface area contributed by atoms with Crippen molar-refractivity contribution < 1.29 is 4.39 Å². The molecule has 2 aromatic carbocycles. The molecule has 0 bridgehead atoms. The van der Waals surface area contributed by atoms with Crippen LogP contribution in [-0.2, 0) is 0 Å². The van der Waals surface area contributed by atoms with Crippen LogP contribution in [-0.4, -0.2) is 0 Å². The molecule has 0 N–H and O–H groups in total. The Morgan fingerprint density at radius 3 is 2.44 bits per heavy atom. The van der Waals surface area contributed by atoms with E-state index in [0.29, 0.717) is 0 Å². The zero-order chi connectivity index (χ0) is 13.3. The van der Waals surface area contributed by atoms with Gasteiger partial charge in [0.2, 0.25) is 0 Å². The molecule has 0 saturated heterocycles. The summed E-state index contributed by atoms with van der Waals surface area (Å²) < 4.78 is 14.1. The molecule has 3 heteroatoms. The van der Waals surface area contributed by atoms with Gasteiger partial charge in [-0.25, -0.2) is 4.39 Å². The number of halogens is 3. The first-order valence-corrected chi connectivity index (χ1v) is 7.64. The first-order chi connectivity index (χ1) is 8.49. The smallest absolute Gasteiger partial charge is 0.124 e. The van der Waals surface area contributed by atoms with Crippen molar-refractivity contribution in [3.05, 3.63) is 68.0 Å². The molecule has 0 nitrogen and oxygen atoms in total. The summed E-state index contributed by atoms with van der Waals surface area (Å²) in [5, 5.41) is 0. The normalized spacial score (nSPS) is 12.5. The highest BCUT2D eigenvalue weighted by Gasteiger charge is 2.16. The van der Waals surface area contributed by atoms with Gasteiger partial charge in [-0.3, -0.25) is 0 Å². The molecule has 2 rings (SSSR count). The molecule has 0 heterocycles. The number of alkyl halides is 1. The van der Waals surface area contributed by atoms with Crippen LogP contribution in [0.4, 0.5) is 4.39 Å². The Bertz CT molecular complexity index is 581. The van der Waals surface area contributed by atoms with E-state index in [4.69, 9.17) is 0 Å². The fraction of sp³-hybridized carbons (Fsp3) is 0.200. The second-order valence-electron chi connectivity index (χ2n) is 4.39. The molecular weight excluding hydrogens is 406 g/mol. The van der Waals surface area contributed by atoms with Crippen LogP contribution in [0.15, 0.2) is 36.4 Å². The van der Waals surface area contributed by atoms with Crippen molar-refractivity contribution >= 4 is 38.5 Å². The summed E-state index contributed by atoms with van der Waals surface area (Å²) in [6.07, 6.45) is 0. The van der Waals surface area contributed by atoms with Crippen molar-refractivity contribution in [1.29, 1.82) is 0 Å². The third-order valence-corrected chi connectivity index (χ3v) is 4.86. The molecule has 0 amide bonds. The standard InChI is InChI=1S/C15H13BrFI/c1-9-3-4-10(2)13(7-9)15(16)12-6-5-11(17)8-14(12)18/h3-8,15H,1-2H3. The number of benzene rings is 2. The molecule has 2 aromatic rings. The van der Waals surface area contributed by atoms with Crippen molar-refractivity contribution in [2.45, 2.75) is 18.7 Å². The summed E-state index contributed by atoms with van der Waals surface area (Å²) >= 11 is 5.91. The Kier molecular flexibility index (Phi) is 4.43. The van der Waals surface area contributed by atoms with E-state index in [2.05, 4.69) is 70.6 Å². The molecule has 18 heavy (non-hydrogen) atoms. The number of hydrogen-bond donors (Lipinski definition) is 0. The van der Waals surface area contributed by atoms with Gasteiger partial charge in [0.05, 0.1) is 4.83 Å². The number of hydrogen-bond acceptors (Lipinski definition) is 0. The topological polar surface area (TPSA) is 0 Å². The van der Waals surface area contributed by atoms with E-state index in [1.807, 2.05) is 6.07 Å². The third-order valence-electron chi connectivity index (χ3n) is 2.94. The first-order valence-electron chi connectivity index (χ1n) is 5.65. The molecule has 0 aliphatic rings. The Hall–Kier alpha value is -0.420. The molecule has 94 valence electrons. The monoisotopic (exact) mass is 418 g/mol. The van der Waals surface area contributed by atoms with Crippen molar-refractivity contribution in [3.8, 4) is 0 Å². The summed E-state index contributed by atoms with van der Waals surface area (Å²) in [5.41, 5.74) is 4.81. The van der Waals surface area contributed by atoms with Gasteiger partial charge < -0.3 is 0 Å². The Labute approximate surface area is 129 Å². The van der Waals surface area contributed by atoms with Gasteiger partial charge in [-0.05, 0) is 65.3 Å². The van der Waals surface area contributed by atoms with Crippen molar-refractivity contribution in [3.63, 3.8) is 0 Å². The van der Waals surface area contributed by atoms with Crippen LogP contribution in [0.5, 0.6) is 0 Å². The predicted octanol–water partition coefficient (Wildman–Crippen LogP) is 5.53. The Morgan fingerprint density at radius 1 is 1.06 bits per heavy atom. The largest absolute Gasteiger partial charge is 0.207 e. The second-order valence-corrected chi connectivity index (χ2v) is 6.47. The summed E-state index contributed by atoms with van der Waals surface area (Å²) in [7, 11) is 0. The van der Waals surface area contributed by atoms with Gasteiger partial charge in [0.1, 0.15) is 5.82 Å². The van der Waals surface area contributed by atoms with Crippen molar-refractivity contribution in [2.75, 3.05) is 0 Å². The maximum Gasteiger partial charge on any atom is 0.124 e. The van der Waals surface area contributed by atoms with Crippen LogP contribution in [0.1, 0.15) is 27.1 Å². The van der Waals surface area contributed by atoms with Gasteiger partial charge in [-0.15, -0.1) is 0 Å². The number of rotatable bonds is 2. The minimum absolute atomic E-state index is 0.102. The van der Waals surface area contributed by atoms with Gasteiger partial charge in [0.15, 0.2) is 0 Å². The zero-order valence-electron chi connectivity index (χ0n) is 10.2. The lowest BCUT2D eigenvalue weighted by Crippen LogP contribution is -1.99. The average molecular weight is 419 g/mol. The van der Waals surface area contributed by atoms with Crippen molar-refractivity contribution in [2.24, 2.45) is 0 Å². The van der Waals surface area contributed by atoms with Gasteiger partial charge >= 0.3 is 0 Å². The van der Waals surface area contributed by atoms with Crippen LogP contribution in [0.3, 0.4) is 0 Å². The maximum atomic E-state index is 13.1. The molecule has 0 radical (unpaired) electrons. The van der Waals surface area contributed by atoms with Crippen LogP contribution in [0.2, 0.25) is 0 Å². The fourth-order valence-corrected chi connectivity index (χ4v) is 4.02. The Morgan fingerprint density at radius 2 is 1.78 bits per heavy atom. The first kappa shape index (κ1) is 14.0. The van der Waals surface area contributed by atoms with Crippen molar-refractivity contribution in [1.82, 2.24) is 0 Å². The van der Waals surface area contributed by atoms with Gasteiger partial charge in [-0.1, -0.05) is 45.8 Å². The van der Waals surface area contributed by atoms with E-state index in [0.717, 1.165) is 9.13 Å². The summed E-state index contributed by atoms with van der Waals surface area (Å²) in [6.45, 7) is 4.18. The van der Waals surface area contributed by atoms with Crippen LogP contribution in [0, 0.1) is 23.2 Å². The maximum absolute atomic E-state index is 13.1. The lowest BCUT2D eigenvalue weighted by molar-refractivity contribution is 0.626. The van der Waals surface area contributed by atoms with E-state index in [9.17, 15) is 4.39 Å². The van der Waals surface area contributed by atoms with Gasteiger partial charge in [-0.2, -0.15) is 0 Å². The van der Waals surface area contributed by atoms with Crippen LogP contribution < -0.4 is 0 Å². The Balaban J connectivity index is 2.47. The zero-order valence-corrected chi connectivity index (χ0v) is 13.9. The van der Waals surface area contributed by atoms with Gasteiger partial charge in [0, 0.05) is 3.57 Å². The quantitative estimate of drug-likeness (QED) is 0.444. The predicted molar refractivity (Wildman–Crippen MR) is 85.8 cm³/mol. The molecule has 0 aliphatic heterocycles. The highest BCUT2D eigenvalue weighted by Crippen LogP contribution is 2.35. The highest BCUT2D eigenvalue weighted by molar-refractivity contribution is 14.1. The molecule has 0 saturated carbocycles. The molecule has 1 unspecified atom stereocenters. The number of aryl methyl sites for hydroxylation is 2. The van der Waals surface area contributed by atoms with E-state index >= 15 is 0 Å². The molecule has 0 aromatic heterocycles. The molecule has 0 fully saturated rings. The second kappa shape index (κ2) is 5.70. The lowest BCUT2D eigenvalue weighted by Gasteiger charge is -2.16. The SMILES string of the molecule is Cc1ccc(C)c(C(Br)c2ccc(F)cc2I)c1. The van der Waals surface area contributed by atoms with Crippen LogP contribution >= 0.6 is 38.5 Å². The summed E-state index contributed by atoms with van der Waals surface area (Å²) in [4.78, 5) is 0.102. The highest BCUT2D eigenvalue weighted by atomic mass is 127. The van der Waals surface area contributed by atoms with E-state index < -0.39 is 0 Å². The van der Waals surface area contributed by atoms with E-state index in [-0.39, 0.29) is 10.6 Å². The summed E-state index contributed by atoms with van der Waals surface area (Å²) in [6, 6.07) is 11.3. The molecule has 0 spiro atoms. The molecule has 1 atom stereocenters. The minimum atomic E-state index is -0.191. The summed E-state index contributed by atoms with van der Waals surface area (Å²) in [5.74, 6) is -0.191. The lowest BCUT2D eigenvalue weighted by atomic mass is 9.98. The molecular formula is C15H13BrFI. The average Bonchev–Trinajstić information content (AvgIpc) is 2.31.